The Bertz CT molecular complexity index is 358. The van der Waals surface area contributed by atoms with Crippen LogP contribution in [0.3, 0.4) is 0 Å². The van der Waals surface area contributed by atoms with Crippen LogP contribution >= 0.6 is 11.6 Å². The predicted molar refractivity (Wildman–Crippen MR) is 64.4 cm³/mol. The van der Waals surface area contributed by atoms with Crippen molar-refractivity contribution < 1.29 is 4.79 Å². The first kappa shape index (κ1) is 12.3. The van der Waals surface area contributed by atoms with Gasteiger partial charge in [0.1, 0.15) is 5.78 Å². The van der Waals surface area contributed by atoms with Gasteiger partial charge in [0, 0.05) is 10.9 Å². The third-order valence-electron chi connectivity index (χ3n) is 2.77. The van der Waals surface area contributed by atoms with Gasteiger partial charge < -0.3 is 0 Å². The van der Waals surface area contributed by atoms with E-state index in [-0.39, 0.29) is 11.7 Å². The predicted octanol–water partition coefficient (Wildman–Crippen LogP) is 3.81. The van der Waals surface area contributed by atoms with E-state index in [2.05, 4.69) is 13.0 Å². The van der Waals surface area contributed by atoms with E-state index in [0.717, 1.165) is 23.4 Å². The topological polar surface area (TPSA) is 17.1 Å². The van der Waals surface area contributed by atoms with Gasteiger partial charge in [-0.2, -0.15) is 0 Å². The molecule has 0 bridgehead atoms. The molecule has 2 heteroatoms. The fraction of sp³-hybridized carbons (Fsp3) is 0.462. The molecule has 0 aliphatic rings. The quantitative estimate of drug-likeness (QED) is 0.760. The SMILES string of the molecule is CCC(Cc1ccc(Cl)c(C)c1)C(C)=O. The standard InChI is InChI=1S/C13H17ClO/c1-4-12(10(3)15)8-11-5-6-13(14)9(2)7-11/h5-7,12H,4,8H2,1-3H3. The summed E-state index contributed by atoms with van der Waals surface area (Å²) in [6.45, 7) is 5.70. The lowest BCUT2D eigenvalue weighted by Gasteiger charge is -2.11. The molecule has 1 rings (SSSR count). The number of ketones is 1. The van der Waals surface area contributed by atoms with Crippen LogP contribution in [0.15, 0.2) is 18.2 Å². The fourth-order valence-corrected chi connectivity index (χ4v) is 1.81. The Labute approximate surface area is 96.5 Å². The maximum Gasteiger partial charge on any atom is 0.133 e. The normalized spacial score (nSPS) is 12.5. The average molecular weight is 225 g/mol. The maximum atomic E-state index is 11.3. The lowest BCUT2D eigenvalue weighted by Crippen LogP contribution is -2.12. The first-order valence-electron chi connectivity index (χ1n) is 5.30. The molecule has 1 nitrogen and oxygen atoms in total. The van der Waals surface area contributed by atoms with Crippen molar-refractivity contribution in [1.29, 1.82) is 0 Å². The van der Waals surface area contributed by atoms with Gasteiger partial charge in [-0.25, -0.2) is 0 Å². The minimum atomic E-state index is 0.144. The van der Waals surface area contributed by atoms with Crippen molar-refractivity contribution in [1.82, 2.24) is 0 Å². The molecule has 0 spiro atoms. The summed E-state index contributed by atoms with van der Waals surface area (Å²) in [5, 5.41) is 0.787. The molecule has 1 aromatic carbocycles. The van der Waals surface area contributed by atoms with Gasteiger partial charge in [0.15, 0.2) is 0 Å². The molecule has 1 unspecified atom stereocenters. The number of benzene rings is 1. The number of hydrogen-bond donors (Lipinski definition) is 0. The van der Waals surface area contributed by atoms with E-state index in [0.29, 0.717) is 0 Å². The number of carbonyl (C=O) groups excluding carboxylic acids is 1. The molecule has 1 atom stereocenters. The second-order valence-corrected chi connectivity index (χ2v) is 4.41. The average Bonchev–Trinajstić information content (AvgIpc) is 2.19. The Morgan fingerprint density at radius 1 is 1.47 bits per heavy atom. The van der Waals surface area contributed by atoms with Crippen LogP contribution in [0.4, 0.5) is 0 Å². The molecule has 0 aromatic heterocycles. The van der Waals surface area contributed by atoms with Gasteiger partial charge >= 0.3 is 0 Å². The molecule has 1 aromatic rings. The highest BCUT2D eigenvalue weighted by atomic mass is 35.5. The second kappa shape index (κ2) is 5.32. The van der Waals surface area contributed by atoms with E-state index in [4.69, 9.17) is 11.6 Å². The summed E-state index contributed by atoms with van der Waals surface area (Å²) in [6, 6.07) is 5.97. The minimum Gasteiger partial charge on any atom is -0.300 e. The monoisotopic (exact) mass is 224 g/mol. The zero-order valence-corrected chi connectivity index (χ0v) is 10.3. The van der Waals surface area contributed by atoms with E-state index >= 15 is 0 Å². The highest BCUT2D eigenvalue weighted by molar-refractivity contribution is 6.31. The zero-order valence-electron chi connectivity index (χ0n) is 9.51. The van der Waals surface area contributed by atoms with Gasteiger partial charge in [0.05, 0.1) is 0 Å². The Kier molecular flexibility index (Phi) is 4.34. The van der Waals surface area contributed by atoms with E-state index in [1.807, 2.05) is 19.1 Å². The summed E-state index contributed by atoms with van der Waals surface area (Å²) in [6.07, 6.45) is 1.72. The lowest BCUT2D eigenvalue weighted by molar-refractivity contribution is -0.120. The fourth-order valence-electron chi connectivity index (χ4n) is 1.69. The van der Waals surface area contributed by atoms with Crippen LogP contribution < -0.4 is 0 Å². The van der Waals surface area contributed by atoms with Crippen LogP contribution in [0.5, 0.6) is 0 Å². The Morgan fingerprint density at radius 3 is 2.60 bits per heavy atom. The molecule has 0 aliphatic carbocycles. The third-order valence-corrected chi connectivity index (χ3v) is 3.20. The molecule has 0 amide bonds. The van der Waals surface area contributed by atoms with Gasteiger partial charge in [-0.3, -0.25) is 4.79 Å². The summed E-state index contributed by atoms with van der Waals surface area (Å²) >= 11 is 5.95. The maximum absolute atomic E-state index is 11.3. The van der Waals surface area contributed by atoms with Crippen molar-refractivity contribution >= 4 is 17.4 Å². The highest BCUT2D eigenvalue weighted by Crippen LogP contribution is 2.19. The molecule has 0 radical (unpaired) electrons. The molecule has 0 fully saturated rings. The third kappa shape index (κ3) is 3.35. The summed E-state index contributed by atoms with van der Waals surface area (Å²) in [5.74, 6) is 0.413. The molecule has 0 N–H and O–H groups in total. The first-order chi connectivity index (χ1) is 7.04. The van der Waals surface area contributed by atoms with Crippen molar-refractivity contribution in [2.24, 2.45) is 5.92 Å². The molecule has 0 saturated carbocycles. The van der Waals surface area contributed by atoms with Crippen LogP contribution in [-0.4, -0.2) is 5.78 Å². The van der Waals surface area contributed by atoms with E-state index in [1.165, 1.54) is 5.56 Å². The van der Waals surface area contributed by atoms with Crippen molar-refractivity contribution in [2.75, 3.05) is 0 Å². The van der Waals surface area contributed by atoms with Crippen LogP contribution in [0.1, 0.15) is 31.4 Å². The molecule has 82 valence electrons. The van der Waals surface area contributed by atoms with Gasteiger partial charge in [0.25, 0.3) is 0 Å². The molecular weight excluding hydrogens is 208 g/mol. The van der Waals surface area contributed by atoms with Gasteiger partial charge in [-0.05, 0) is 43.9 Å². The number of carbonyl (C=O) groups is 1. The number of aryl methyl sites for hydroxylation is 1. The summed E-state index contributed by atoms with van der Waals surface area (Å²) < 4.78 is 0. The zero-order chi connectivity index (χ0) is 11.4. The summed E-state index contributed by atoms with van der Waals surface area (Å²) in [7, 11) is 0. The van der Waals surface area contributed by atoms with Gasteiger partial charge in [-0.15, -0.1) is 0 Å². The van der Waals surface area contributed by atoms with Crippen LogP contribution in [-0.2, 0) is 11.2 Å². The Hall–Kier alpha value is -0.820. The Morgan fingerprint density at radius 2 is 2.13 bits per heavy atom. The number of Topliss-reactive ketones (excluding diaryl/α,β-unsaturated/α-hetero) is 1. The molecular formula is C13H17ClO. The van der Waals surface area contributed by atoms with Crippen molar-refractivity contribution in [2.45, 2.75) is 33.6 Å². The lowest BCUT2D eigenvalue weighted by atomic mass is 9.93. The smallest absolute Gasteiger partial charge is 0.133 e. The molecule has 0 heterocycles. The highest BCUT2D eigenvalue weighted by Gasteiger charge is 2.12. The molecule has 0 aliphatic heterocycles. The minimum absolute atomic E-state index is 0.144. The van der Waals surface area contributed by atoms with Crippen molar-refractivity contribution in [3.05, 3.63) is 34.3 Å². The number of halogens is 1. The molecule has 15 heavy (non-hydrogen) atoms. The van der Waals surface area contributed by atoms with E-state index in [9.17, 15) is 4.79 Å². The summed E-state index contributed by atoms with van der Waals surface area (Å²) in [4.78, 5) is 11.3. The van der Waals surface area contributed by atoms with Crippen LogP contribution in [0, 0.1) is 12.8 Å². The first-order valence-corrected chi connectivity index (χ1v) is 5.67. The molecule has 0 saturated heterocycles. The van der Waals surface area contributed by atoms with E-state index < -0.39 is 0 Å². The number of hydrogen-bond acceptors (Lipinski definition) is 1. The van der Waals surface area contributed by atoms with Gasteiger partial charge in [0.2, 0.25) is 0 Å². The van der Waals surface area contributed by atoms with Gasteiger partial charge in [-0.1, -0.05) is 30.7 Å². The largest absolute Gasteiger partial charge is 0.300 e. The van der Waals surface area contributed by atoms with Crippen LogP contribution in [0.25, 0.3) is 0 Å². The van der Waals surface area contributed by atoms with Crippen molar-refractivity contribution in [3.63, 3.8) is 0 Å². The Balaban J connectivity index is 2.80. The number of rotatable bonds is 4. The van der Waals surface area contributed by atoms with Crippen molar-refractivity contribution in [3.8, 4) is 0 Å². The van der Waals surface area contributed by atoms with E-state index in [1.54, 1.807) is 6.92 Å². The summed E-state index contributed by atoms with van der Waals surface area (Å²) in [5.41, 5.74) is 2.27. The van der Waals surface area contributed by atoms with Crippen LogP contribution in [0.2, 0.25) is 5.02 Å². The second-order valence-electron chi connectivity index (χ2n) is 4.00.